The highest BCUT2D eigenvalue weighted by Gasteiger charge is 2.41. The van der Waals surface area contributed by atoms with Gasteiger partial charge >= 0.3 is 6.03 Å². The van der Waals surface area contributed by atoms with E-state index < -0.39 is 126 Å². The van der Waals surface area contributed by atoms with Gasteiger partial charge in [-0.25, -0.2) is 10.2 Å². The average Bonchev–Trinajstić information content (AvgIpc) is 3.37. The van der Waals surface area contributed by atoms with Gasteiger partial charge in [-0.05, 0) is 67.0 Å². The number of para-hydroxylation sites is 1. The lowest BCUT2D eigenvalue weighted by Crippen LogP contribution is -2.63. The van der Waals surface area contributed by atoms with Gasteiger partial charge in [-0.2, -0.15) is 0 Å². The van der Waals surface area contributed by atoms with Crippen molar-refractivity contribution in [2.75, 3.05) is 19.6 Å². The van der Waals surface area contributed by atoms with Crippen LogP contribution < -0.4 is 70.6 Å². The molecule has 20 N–H and O–H groups in total. The molecule has 4 aromatic rings. The number of fused-ring (bicyclic) bond motifs is 1. The largest absolute Gasteiger partial charge is 0.508 e. The van der Waals surface area contributed by atoms with Crippen molar-refractivity contribution in [3.8, 4) is 5.75 Å². The molecule has 1 aromatic heterocycles. The highest BCUT2D eigenvalue weighted by molar-refractivity contribution is 5.98. The second-order valence-corrected chi connectivity index (χ2v) is 21.1. The number of hydrogen-bond acceptors (Lipinski definition) is 14. The summed E-state index contributed by atoms with van der Waals surface area (Å²) in [6.07, 6.45) is -0.651. The number of primary amides is 2. The number of phenolic OH excluding ortho intramolecular Hbond substituents is 1. The standard InChI is InChI=1S/C56H76N16O13/c1-29(2)21-41(50(80)64-39(15-10-20-61-55(59)60)49(79)65-40(47(58)77)24-34-26-62-38-14-9-8-13-37(34)38)68-56(85)71-70-52(82)42(22-32-11-6-5-7-12-32)67-53(83)46(30(3)73)69-51(81)43(25-45(57)76)66-48(78)35-27-72(28-35)54(84)44(63-31(4)74)23-33-16-18-36(75)19-17-33/h5-9,11-14,16-19,26,29-30,35,39-44,46,62,73,75H,10,15,20-25,27-28H2,1-4H3,(H2,57,76)(H2,58,77)(H,63,74)(H,64,80)(H,65,79)(H,66,78)(H,67,83)(H,69,81)(H,70,82)(H4,59,60,61)(H2,68,71,85)/t30-,39+,40+,41+,42+,43+,44-,46+/m1/s1. The third-order valence-corrected chi connectivity index (χ3v) is 13.6. The topological polar surface area (TPSA) is 469 Å². The van der Waals surface area contributed by atoms with E-state index in [1.807, 2.05) is 24.3 Å². The molecule has 1 fully saturated rings. The second kappa shape index (κ2) is 31.6. The Hall–Kier alpha value is -9.80. The van der Waals surface area contributed by atoms with Crippen LogP contribution in [0.5, 0.6) is 5.75 Å². The molecule has 1 aliphatic rings. The molecule has 0 radical (unpaired) electrons. The number of aliphatic hydroxyl groups is 1. The molecule has 29 heteroatoms. The highest BCUT2D eigenvalue weighted by atomic mass is 16.3. The van der Waals surface area contributed by atoms with Crippen LogP contribution in [-0.4, -0.2) is 159 Å². The lowest BCUT2D eigenvalue weighted by atomic mass is 9.95. The van der Waals surface area contributed by atoms with E-state index in [9.17, 15) is 63.0 Å². The fourth-order valence-corrected chi connectivity index (χ4v) is 9.23. The van der Waals surface area contributed by atoms with Crippen LogP contribution in [0.25, 0.3) is 10.9 Å². The first kappa shape index (κ1) is 66.0. The number of benzene rings is 3. The molecule has 8 atom stereocenters. The lowest BCUT2D eigenvalue weighted by molar-refractivity contribution is -0.147. The Morgan fingerprint density at radius 2 is 1.25 bits per heavy atom. The first-order valence-corrected chi connectivity index (χ1v) is 27.4. The number of hydrogen-bond donors (Lipinski definition) is 17. The van der Waals surface area contributed by atoms with E-state index in [0.717, 1.165) is 17.8 Å². The number of aliphatic hydroxyl groups excluding tert-OH is 1. The molecule has 0 bridgehead atoms. The number of carbonyl (C=O) groups excluding carboxylic acids is 11. The number of amides is 12. The van der Waals surface area contributed by atoms with E-state index in [4.69, 9.17) is 22.6 Å². The van der Waals surface area contributed by atoms with Crippen LogP contribution >= 0.6 is 0 Å². The number of rotatable bonds is 30. The van der Waals surface area contributed by atoms with E-state index in [1.165, 1.54) is 24.0 Å². The van der Waals surface area contributed by atoms with Crippen molar-refractivity contribution >= 4 is 82.0 Å². The monoisotopic (exact) mass is 1180 g/mol. The van der Waals surface area contributed by atoms with Crippen LogP contribution in [0.3, 0.4) is 0 Å². The minimum Gasteiger partial charge on any atom is -0.508 e. The minimum absolute atomic E-state index is 0.00565. The van der Waals surface area contributed by atoms with Crippen LogP contribution in [0, 0.1) is 17.2 Å². The number of nitrogens with zero attached hydrogens (tertiary/aromatic N) is 1. The zero-order chi connectivity index (χ0) is 62.5. The summed E-state index contributed by atoms with van der Waals surface area (Å²) in [5, 5.41) is 49.0. The summed E-state index contributed by atoms with van der Waals surface area (Å²) in [6.45, 7) is 5.79. The maximum absolute atomic E-state index is 14.0. The van der Waals surface area contributed by atoms with E-state index in [1.54, 1.807) is 62.5 Å². The number of phenols is 1. The van der Waals surface area contributed by atoms with E-state index in [2.05, 4.69) is 58.4 Å². The number of aromatic amines is 1. The predicted octanol–water partition coefficient (Wildman–Crippen LogP) is -2.96. The normalized spacial score (nSPS) is 14.9. The SMILES string of the molecule is CC(=O)N[C@H](Cc1ccc(O)cc1)C(=O)N1CC(C(=O)N[C@@H](CC(N)=O)C(=O)N[C@H](C(=O)N[C@@H](Cc2ccccc2)C(=O)NNC(=O)N[C@@H](CC(C)C)C(=O)N[C@@H](CCCNC(=N)N)C(=O)N[C@@H](Cc2c[nH]c3ccccc23)C(N)=O)[C@@H](C)O)C1. The average molecular weight is 1180 g/mol. The van der Waals surface area contributed by atoms with Gasteiger partial charge in [-0.3, -0.25) is 58.8 Å². The number of urea groups is 1. The van der Waals surface area contributed by atoms with Gasteiger partial charge < -0.3 is 79.8 Å². The van der Waals surface area contributed by atoms with Gasteiger partial charge in [0, 0.05) is 62.9 Å². The molecule has 85 heavy (non-hydrogen) atoms. The van der Waals surface area contributed by atoms with Crippen molar-refractivity contribution in [2.24, 2.45) is 29.0 Å². The Morgan fingerprint density at radius 3 is 1.87 bits per heavy atom. The molecular formula is C56H76N16O13. The van der Waals surface area contributed by atoms with Crippen molar-refractivity contribution in [3.63, 3.8) is 0 Å². The Bertz CT molecular complexity index is 3040. The molecule has 0 aliphatic carbocycles. The summed E-state index contributed by atoms with van der Waals surface area (Å²) in [5.41, 5.74) is 23.6. The number of aromatic nitrogens is 1. The third kappa shape index (κ3) is 20.9. The van der Waals surface area contributed by atoms with Gasteiger partial charge in [0.25, 0.3) is 5.91 Å². The summed E-state index contributed by atoms with van der Waals surface area (Å²) < 4.78 is 0. The van der Waals surface area contributed by atoms with Gasteiger partial charge in [0.1, 0.15) is 48.0 Å². The van der Waals surface area contributed by atoms with Crippen LogP contribution in [-0.2, 0) is 67.2 Å². The van der Waals surface area contributed by atoms with E-state index in [0.29, 0.717) is 16.7 Å². The Balaban J connectivity index is 1.23. The fraction of sp³-hybridized carbons (Fsp3) is 0.429. The second-order valence-electron chi connectivity index (χ2n) is 21.1. The third-order valence-electron chi connectivity index (χ3n) is 13.6. The molecule has 0 unspecified atom stereocenters. The first-order valence-electron chi connectivity index (χ1n) is 27.4. The summed E-state index contributed by atoms with van der Waals surface area (Å²) in [5.74, 6) is -9.90. The molecule has 0 spiro atoms. The number of guanidine groups is 1. The predicted molar refractivity (Wildman–Crippen MR) is 308 cm³/mol. The van der Waals surface area contributed by atoms with E-state index >= 15 is 0 Å². The Labute approximate surface area is 489 Å². The van der Waals surface area contributed by atoms with Crippen LogP contribution in [0.1, 0.15) is 70.1 Å². The molecule has 458 valence electrons. The Kier molecular flexibility index (Phi) is 24.5. The van der Waals surface area contributed by atoms with Crippen molar-refractivity contribution in [2.45, 2.75) is 121 Å². The minimum atomic E-state index is -1.83. The van der Waals surface area contributed by atoms with Crippen LogP contribution in [0.2, 0.25) is 0 Å². The van der Waals surface area contributed by atoms with Crippen molar-refractivity contribution in [1.29, 1.82) is 5.41 Å². The molecule has 5 rings (SSSR count). The zero-order valence-corrected chi connectivity index (χ0v) is 47.5. The van der Waals surface area contributed by atoms with Crippen LogP contribution in [0.15, 0.2) is 85.1 Å². The number of carbonyl (C=O) groups is 11. The van der Waals surface area contributed by atoms with Gasteiger partial charge in [0.15, 0.2) is 5.96 Å². The summed E-state index contributed by atoms with van der Waals surface area (Å²) >= 11 is 0. The zero-order valence-electron chi connectivity index (χ0n) is 47.5. The quantitative estimate of drug-likeness (QED) is 0.0107. The number of aromatic hydroxyl groups is 1. The molecule has 2 heterocycles. The molecule has 0 saturated carbocycles. The summed E-state index contributed by atoms with van der Waals surface area (Å²) in [6, 6.07) is 10.6. The molecular weight excluding hydrogens is 1100 g/mol. The molecule has 29 nitrogen and oxygen atoms in total. The van der Waals surface area contributed by atoms with Crippen molar-refractivity contribution in [3.05, 3.63) is 102 Å². The molecule has 1 saturated heterocycles. The van der Waals surface area contributed by atoms with Crippen molar-refractivity contribution < 1.29 is 63.0 Å². The summed E-state index contributed by atoms with van der Waals surface area (Å²) in [4.78, 5) is 151. The number of likely N-dealkylation sites (tertiary alicyclic amines) is 1. The highest BCUT2D eigenvalue weighted by Crippen LogP contribution is 2.21. The Morgan fingerprint density at radius 1 is 0.647 bits per heavy atom. The molecule has 1 aliphatic heterocycles. The van der Waals surface area contributed by atoms with Crippen LogP contribution in [0.4, 0.5) is 4.79 Å². The fourth-order valence-electron chi connectivity index (χ4n) is 9.23. The van der Waals surface area contributed by atoms with Gasteiger partial charge in [-0.15, -0.1) is 0 Å². The first-order chi connectivity index (χ1) is 40.3. The number of nitrogens with one attached hydrogen (secondary N) is 12. The van der Waals surface area contributed by atoms with Gasteiger partial charge in [0.05, 0.1) is 18.4 Å². The lowest BCUT2D eigenvalue weighted by Gasteiger charge is -2.40. The van der Waals surface area contributed by atoms with E-state index in [-0.39, 0.29) is 75.8 Å². The van der Waals surface area contributed by atoms with Gasteiger partial charge in [-0.1, -0.05) is 74.5 Å². The molecule has 12 amide bonds. The number of hydrazine groups is 1. The summed E-state index contributed by atoms with van der Waals surface area (Å²) in [7, 11) is 0. The maximum Gasteiger partial charge on any atom is 0.334 e. The number of nitrogens with two attached hydrogens (primary N) is 3. The smallest absolute Gasteiger partial charge is 0.334 e. The van der Waals surface area contributed by atoms with Crippen molar-refractivity contribution in [1.82, 2.24) is 63.3 Å². The number of H-pyrrole nitrogens is 1. The van der Waals surface area contributed by atoms with Gasteiger partial charge in [0.2, 0.25) is 53.2 Å². The maximum atomic E-state index is 14.0. The molecule has 3 aromatic carbocycles.